The van der Waals surface area contributed by atoms with Gasteiger partial charge in [-0.25, -0.2) is 5.57 Å². The fourth-order valence-electron chi connectivity index (χ4n) is 5.37. The first kappa shape index (κ1) is 35.4. The van der Waals surface area contributed by atoms with Gasteiger partial charge in [-0.15, -0.1) is 11.1 Å². The first-order valence-corrected chi connectivity index (χ1v) is 15.8. The predicted molar refractivity (Wildman–Crippen MR) is 175 cm³/mol. The minimum Gasteiger partial charge on any atom is -1.00 e. The minimum atomic E-state index is 0. The van der Waals surface area contributed by atoms with Gasteiger partial charge in [-0.1, -0.05) is 85.5 Å². The molecule has 7 rings (SSSR count). The Morgan fingerprint density at radius 2 is 1.20 bits per heavy atom. The maximum Gasteiger partial charge on any atom is -0.0253 e. The van der Waals surface area contributed by atoms with E-state index in [0.29, 0.717) is 5.92 Å². The molecule has 220 valence electrons. The minimum absolute atomic E-state index is 0. The van der Waals surface area contributed by atoms with Crippen molar-refractivity contribution in [2.75, 3.05) is 0 Å². The summed E-state index contributed by atoms with van der Waals surface area (Å²) in [4.78, 5) is 0. The molecule has 0 N–H and O–H groups in total. The zero-order valence-corrected chi connectivity index (χ0v) is 29.6. The normalized spacial score (nSPS) is 13.6. The van der Waals surface area contributed by atoms with Crippen LogP contribution < -0.4 is 24.8 Å². The molecule has 44 heavy (non-hydrogen) atoms. The third kappa shape index (κ3) is 8.98. The number of aryl methyl sites for hydroxylation is 2. The molecule has 0 amide bonds. The number of hydrogen-bond donors (Lipinski definition) is 0. The van der Waals surface area contributed by atoms with Crippen LogP contribution in [0, 0.1) is 31.9 Å². The van der Waals surface area contributed by atoms with Crippen molar-refractivity contribution in [3.05, 3.63) is 184 Å². The summed E-state index contributed by atoms with van der Waals surface area (Å²) in [5, 5.41) is 0. The van der Waals surface area contributed by atoms with Gasteiger partial charge in [0.1, 0.15) is 0 Å². The molecule has 0 saturated carbocycles. The van der Waals surface area contributed by atoms with E-state index in [2.05, 4.69) is 155 Å². The average Bonchev–Trinajstić information content (AvgIpc) is 3.57. The summed E-state index contributed by atoms with van der Waals surface area (Å²) in [5.74, 6) is 0.468. The van der Waals surface area contributed by atoms with E-state index in [1.807, 2.05) is 12.1 Å². The number of fused-ring (bicyclic) bond motifs is 3. The largest absolute Gasteiger partial charge is 1.00 e. The van der Waals surface area contributed by atoms with E-state index in [4.69, 9.17) is 0 Å². The summed E-state index contributed by atoms with van der Waals surface area (Å²) in [6.45, 7) is 8.54. The topological polar surface area (TPSA) is 0 Å². The van der Waals surface area contributed by atoms with Crippen LogP contribution in [0.5, 0.6) is 0 Å². The number of benzene rings is 5. The van der Waals surface area contributed by atoms with Gasteiger partial charge < -0.3 is 24.8 Å². The summed E-state index contributed by atoms with van der Waals surface area (Å²) >= 11 is 1.46. The Morgan fingerprint density at radius 3 is 1.77 bits per heavy atom. The monoisotopic (exact) mass is 688 g/mol. The summed E-state index contributed by atoms with van der Waals surface area (Å²) in [5.41, 5.74) is 14.7. The third-order valence-corrected chi connectivity index (χ3v) is 9.07. The van der Waals surface area contributed by atoms with E-state index in [1.165, 1.54) is 88.7 Å². The molecule has 1 atom stereocenters. The zero-order chi connectivity index (χ0) is 29.5. The first-order valence-electron chi connectivity index (χ1n) is 14.6. The van der Waals surface area contributed by atoms with Crippen molar-refractivity contribution in [2.45, 2.75) is 34.1 Å². The molecule has 5 aromatic carbocycles. The van der Waals surface area contributed by atoms with Gasteiger partial charge in [-0.3, -0.25) is 6.08 Å². The molecule has 0 saturated heterocycles. The van der Waals surface area contributed by atoms with E-state index in [0.717, 1.165) is 6.42 Å². The van der Waals surface area contributed by atoms with Crippen LogP contribution in [0.3, 0.4) is 0 Å². The van der Waals surface area contributed by atoms with E-state index < -0.39 is 0 Å². The second kappa shape index (κ2) is 16.8. The van der Waals surface area contributed by atoms with Gasteiger partial charge in [-0.2, -0.15) is 41.5 Å². The SMILES string of the molecule is CC1=[C-]C(C)C=C1c1ccccc1.Cc1ccc([C](=[Zr+2])c2ccc(C)cc2)cc1.[Cl-].[Cl-].[c-]1cccc2c1Cc1ccccc1-2. The van der Waals surface area contributed by atoms with E-state index in [1.54, 1.807) is 0 Å². The molecule has 0 nitrogen and oxygen atoms in total. The van der Waals surface area contributed by atoms with Crippen LogP contribution in [0.1, 0.15) is 52.8 Å². The van der Waals surface area contributed by atoms with Crippen LogP contribution in [0.4, 0.5) is 0 Å². The predicted octanol–water partition coefficient (Wildman–Crippen LogP) is 3.95. The Bertz CT molecular complexity index is 1640. The quantitative estimate of drug-likeness (QED) is 0.247. The number of rotatable bonds is 3. The van der Waals surface area contributed by atoms with Crippen molar-refractivity contribution in [2.24, 2.45) is 5.92 Å². The van der Waals surface area contributed by atoms with Crippen molar-refractivity contribution >= 4 is 8.78 Å². The number of halogens is 2. The number of hydrogen-bond acceptors (Lipinski definition) is 0. The molecule has 0 bridgehead atoms. The molecule has 0 fully saturated rings. The molecule has 0 aliphatic heterocycles. The molecule has 2 aliphatic rings. The van der Waals surface area contributed by atoms with Crippen LogP contribution >= 0.6 is 0 Å². The molecule has 0 spiro atoms. The molecule has 1 unspecified atom stereocenters. The Hall–Kier alpha value is -3.09. The summed E-state index contributed by atoms with van der Waals surface area (Å²) in [6.07, 6.45) is 6.71. The van der Waals surface area contributed by atoms with Crippen molar-refractivity contribution in [3.63, 3.8) is 0 Å². The maximum absolute atomic E-state index is 3.39. The first-order chi connectivity index (χ1) is 20.4. The molecule has 3 heteroatoms. The third-order valence-electron chi connectivity index (χ3n) is 7.65. The molecule has 0 heterocycles. The molecular formula is C41H36Cl2Zr-2. The summed E-state index contributed by atoms with van der Waals surface area (Å²) in [6, 6.07) is 46.1. The summed E-state index contributed by atoms with van der Waals surface area (Å²) < 4.78 is 1.42. The van der Waals surface area contributed by atoms with Crippen LogP contribution in [-0.4, -0.2) is 3.21 Å². The Kier molecular flexibility index (Phi) is 13.5. The second-order valence-electron chi connectivity index (χ2n) is 11.0. The average molecular weight is 691 g/mol. The Balaban J connectivity index is 0.000000177. The van der Waals surface area contributed by atoms with E-state index in [9.17, 15) is 0 Å². The molecule has 5 aromatic rings. The molecule has 0 aromatic heterocycles. The van der Waals surface area contributed by atoms with Crippen LogP contribution in [0.2, 0.25) is 0 Å². The number of allylic oxidation sites excluding steroid dienone is 4. The fourth-order valence-corrected chi connectivity index (χ4v) is 6.19. The molecular weight excluding hydrogens is 655 g/mol. The van der Waals surface area contributed by atoms with Gasteiger partial charge in [-0.05, 0) is 6.42 Å². The van der Waals surface area contributed by atoms with Crippen LogP contribution in [0.15, 0.2) is 133 Å². The maximum atomic E-state index is 3.39. The smallest absolute Gasteiger partial charge is 0.0253 e. The van der Waals surface area contributed by atoms with Gasteiger partial charge >= 0.3 is 112 Å². The Labute approximate surface area is 291 Å². The van der Waals surface area contributed by atoms with Crippen molar-refractivity contribution in [1.82, 2.24) is 0 Å². The van der Waals surface area contributed by atoms with Crippen molar-refractivity contribution in [3.8, 4) is 11.1 Å². The fraction of sp³-hybridized carbons (Fsp3) is 0.146. The van der Waals surface area contributed by atoms with Crippen LogP contribution in [0.25, 0.3) is 16.7 Å². The second-order valence-corrected chi connectivity index (χ2v) is 12.2. The molecule has 2 aliphatic carbocycles. The van der Waals surface area contributed by atoms with Gasteiger partial charge in [0, 0.05) is 0 Å². The van der Waals surface area contributed by atoms with E-state index >= 15 is 0 Å². The van der Waals surface area contributed by atoms with Crippen molar-refractivity contribution in [1.29, 1.82) is 0 Å². The van der Waals surface area contributed by atoms with Gasteiger partial charge in [0.2, 0.25) is 0 Å². The van der Waals surface area contributed by atoms with Gasteiger partial charge in [0.15, 0.2) is 0 Å². The van der Waals surface area contributed by atoms with Gasteiger partial charge in [0.05, 0.1) is 0 Å². The zero-order valence-electron chi connectivity index (χ0n) is 25.7. The van der Waals surface area contributed by atoms with Crippen molar-refractivity contribution < 1.29 is 49.0 Å². The van der Waals surface area contributed by atoms with Crippen LogP contribution in [-0.2, 0) is 30.7 Å². The Morgan fingerprint density at radius 1 is 0.659 bits per heavy atom. The summed E-state index contributed by atoms with van der Waals surface area (Å²) in [7, 11) is 0. The standard InChI is InChI=1S/C15H14.C13H9.C13H13.2ClH.Zr/c1-12-3-7-14(8-4-12)11-15-9-5-13(2)6-10-15;1-3-7-12-10(5-1)9-11-6-2-4-8-13(11)12;1-10-8-11(2)13(9-10)12-6-4-3-5-7-12;;;/h3-10H,1-2H3;1-5,7-8H,9H2;3-7,9-10H,1-2H3;2*1H;/q;2*-1;;;+2/p-2. The van der Waals surface area contributed by atoms with Gasteiger partial charge in [0.25, 0.3) is 0 Å². The molecule has 0 radical (unpaired) electrons. The van der Waals surface area contributed by atoms with E-state index in [-0.39, 0.29) is 24.8 Å².